The fourth-order valence-electron chi connectivity index (χ4n) is 2.01. The van der Waals surface area contributed by atoms with Crippen LogP contribution in [0.2, 0.25) is 0 Å². The van der Waals surface area contributed by atoms with Gasteiger partial charge in [-0.1, -0.05) is 15.9 Å². The van der Waals surface area contributed by atoms with Crippen molar-refractivity contribution in [2.75, 3.05) is 6.54 Å². The molecule has 0 aliphatic rings. The summed E-state index contributed by atoms with van der Waals surface area (Å²) in [4.78, 5) is 35.2. The van der Waals surface area contributed by atoms with Crippen molar-refractivity contribution < 1.29 is 23.9 Å². The standard InChI is InChI=1S/C18H17BrN2O5/c19-13-7-5-12(6-8-13)17(24)21-15(11-14-3-2-10-26-14)18(25)20-9-1-4-16(22)23/h2-3,5-8,10-11H,1,4,9H2,(H,20,25)(H,21,24)(H,22,23). The van der Waals surface area contributed by atoms with Crippen molar-refractivity contribution in [2.45, 2.75) is 12.8 Å². The van der Waals surface area contributed by atoms with Crippen molar-refractivity contribution in [1.29, 1.82) is 0 Å². The number of aliphatic carboxylic acids is 1. The van der Waals surface area contributed by atoms with Gasteiger partial charge in [-0.3, -0.25) is 14.4 Å². The quantitative estimate of drug-likeness (QED) is 0.449. The van der Waals surface area contributed by atoms with E-state index in [-0.39, 0.29) is 25.1 Å². The van der Waals surface area contributed by atoms with E-state index in [1.54, 1.807) is 36.4 Å². The number of furan rings is 1. The molecule has 0 unspecified atom stereocenters. The summed E-state index contributed by atoms with van der Waals surface area (Å²) in [5, 5.41) is 13.8. The summed E-state index contributed by atoms with van der Waals surface area (Å²) in [7, 11) is 0. The van der Waals surface area contributed by atoms with E-state index < -0.39 is 17.8 Å². The van der Waals surface area contributed by atoms with Gasteiger partial charge < -0.3 is 20.2 Å². The second kappa shape index (κ2) is 9.57. The van der Waals surface area contributed by atoms with E-state index in [0.29, 0.717) is 11.3 Å². The number of carbonyl (C=O) groups excluding carboxylic acids is 2. The van der Waals surface area contributed by atoms with Gasteiger partial charge in [-0.2, -0.15) is 0 Å². The first kappa shape index (κ1) is 19.5. The van der Waals surface area contributed by atoms with Crippen molar-refractivity contribution in [2.24, 2.45) is 0 Å². The molecule has 0 saturated carbocycles. The summed E-state index contributed by atoms with van der Waals surface area (Å²) < 4.78 is 6.01. The average molecular weight is 421 g/mol. The van der Waals surface area contributed by atoms with Crippen LogP contribution >= 0.6 is 15.9 Å². The predicted molar refractivity (Wildman–Crippen MR) is 98.2 cm³/mol. The zero-order chi connectivity index (χ0) is 18.9. The second-order valence-corrected chi connectivity index (χ2v) is 6.20. The van der Waals surface area contributed by atoms with Gasteiger partial charge in [-0.25, -0.2) is 0 Å². The van der Waals surface area contributed by atoms with E-state index in [0.717, 1.165) is 4.47 Å². The molecule has 1 heterocycles. The van der Waals surface area contributed by atoms with Crippen LogP contribution < -0.4 is 10.6 Å². The Hall–Kier alpha value is -2.87. The minimum absolute atomic E-state index is 0.00296. The molecule has 0 aliphatic carbocycles. The molecule has 2 amide bonds. The van der Waals surface area contributed by atoms with Gasteiger partial charge in [0.15, 0.2) is 0 Å². The number of carbonyl (C=O) groups is 3. The van der Waals surface area contributed by atoms with Crippen molar-refractivity contribution in [1.82, 2.24) is 10.6 Å². The maximum Gasteiger partial charge on any atom is 0.303 e. The molecule has 2 aromatic rings. The first-order chi connectivity index (χ1) is 12.5. The van der Waals surface area contributed by atoms with Crippen LogP contribution in [0, 0.1) is 0 Å². The fraction of sp³-hybridized carbons (Fsp3) is 0.167. The average Bonchev–Trinajstić information content (AvgIpc) is 3.11. The van der Waals surface area contributed by atoms with Gasteiger partial charge in [0.05, 0.1) is 6.26 Å². The Morgan fingerprint density at radius 2 is 1.88 bits per heavy atom. The molecule has 0 saturated heterocycles. The number of rotatable bonds is 8. The molecule has 0 bridgehead atoms. The molecule has 1 aromatic heterocycles. The third-order valence-electron chi connectivity index (χ3n) is 3.28. The molecular formula is C18H17BrN2O5. The highest BCUT2D eigenvalue weighted by atomic mass is 79.9. The Kier molecular flexibility index (Phi) is 7.16. The summed E-state index contributed by atoms with van der Waals surface area (Å²) in [5.74, 6) is -1.51. The zero-order valence-corrected chi connectivity index (χ0v) is 15.3. The number of benzene rings is 1. The summed E-state index contributed by atoms with van der Waals surface area (Å²) in [6, 6.07) is 9.98. The molecule has 0 spiro atoms. The Bertz CT molecular complexity index is 797. The Morgan fingerprint density at radius 3 is 2.50 bits per heavy atom. The molecule has 0 atom stereocenters. The Labute approximate surface area is 158 Å². The number of amides is 2. The minimum atomic E-state index is -0.936. The van der Waals surface area contributed by atoms with Crippen molar-refractivity contribution in [3.05, 3.63) is 64.2 Å². The van der Waals surface area contributed by atoms with E-state index in [2.05, 4.69) is 26.6 Å². The number of halogens is 1. The number of carboxylic acids is 1. The number of nitrogens with one attached hydrogen (secondary N) is 2. The molecule has 136 valence electrons. The monoisotopic (exact) mass is 420 g/mol. The summed E-state index contributed by atoms with van der Waals surface area (Å²) in [5.41, 5.74) is 0.389. The summed E-state index contributed by atoms with van der Waals surface area (Å²) in [6.07, 6.45) is 3.09. The lowest BCUT2D eigenvalue weighted by molar-refractivity contribution is -0.137. The molecule has 0 aliphatic heterocycles. The van der Waals surface area contributed by atoms with Crippen LogP contribution in [0.4, 0.5) is 0 Å². The van der Waals surface area contributed by atoms with Crippen LogP contribution in [-0.2, 0) is 9.59 Å². The van der Waals surface area contributed by atoms with Gasteiger partial charge in [-0.15, -0.1) is 0 Å². The molecule has 26 heavy (non-hydrogen) atoms. The summed E-state index contributed by atoms with van der Waals surface area (Å²) >= 11 is 3.29. The highest BCUT2D eigenvalue weighted by molar-refractivity contribution is 9.10. The van der Waals surface area contributed by atoms with Gasteiger partial charge in [0.2, 0.25) is 0 Å². The first-order valence-electron chi connectivity index (χ1n) is 7.78. The number of hydrogen-bond donors (Lipinski definition) is 3. The van der Waals surface area contributed by atoms with Gasteiger partial charge in [-0.05, 0) is 42.8 Å². The maximum absolute atomic E-state index is 12.4. The molecule has 1 aromatic carbocycles. The maximum atomic E-state index is 12.4. The second-order valence-electron chi connectivity index (χ2n) is 5.29. The lowest BCUT2D eigenvalue weighted by atomic mass is 10.2. The smallest absolute Gasteiger partial charge is 0.303 e. The summed E-state index contributed by atoms with van der Waals surface area (Å²) in [6.45, 7) is 0.175. The van der Waals surface area contributed by atoms with E-state index in [1.807, 2.05) is 0 Å². The van der Waals surface area contributed by atoms with Crippen LogP contribution in [0.15, 0.2) is 57.2 Å². The van der Waals surface area contributed by atoms with Crippen molar-refractivity contribution in [3.8, 4) is 0 Å². The SMILES string of the molecule is O=C(O)CCCNC(=O)C(=Cc1ccco1)NC(=O)c1ccc(Br)cc1. The lowest BCUT2D eigenvalue weighted by Gasteiger charge is -2.10. The Balaban J connectivity index is 2.08. The van der Waals surface area contributed by atoms with Gasteiger partial charge >= 0.3 is 5.97 Å². The van der Waals surface area contributed by atoms with Crippen LogP contribution in [0.25, 0.3) is 6.08 Å². The molecule has 2 rings (SSSR count). The molecule has 3 N–H and O–H groups in total. The molecular weight excluding hydrogens is 404 g/mol. The third kappa shape index (κ3) is 6.21. The van der Waals surface area contributed by atoms with E-state index in [1.165, 1.54) is 12.3 Å². The van der Waals surface area contributed by atoms with Crippen molar-refractivity contribution >= 4 is 39.8 Å². The zero-order valence-electron chi connectivity index (χ0n) is 13.7. The first-order valence-corrected chi connectivity index (χ1v) is 8.57. The highest BCUT2D eigenvalue weighted by Crippen LogP contribution is 2.12. The predicted octanol–water partition coefficient (Wildman–Crippen LogP) is 2.79. The number of carboxylic acid groups (broad SMARTS) is 1. The topological polar surface area (TPSA) is 109 Å². The Morgan fingerprint density at radius 1 is 1.15 bits per heavy atom. The largest absolute Gasteiger partial charge is 0.481 e. The molecule has 0 radical (unpaired) electrons. The normalized spacial score (nSPS) is 11.0. The van der Waals surface area contributed by atoms with E-state index in [9.17, 15) is 14.4 Å². The lowest BCUT2D eigenvalue weighted by Crippen LogP contribution is -2.35. The van der Waals surface area contributed by atoms with Crippen LogP contribution in [0.1, 0.15) is 29.0 Å². The molecule has 7 nitrogen and oxygen atoms in total. The molecule has 8 heteroatoms. The van der Waals surface area contributed by atoms with Gasteiger partial charge in [0.25, 0.3) is 11.8 Å². The minimum Gasteiger partial charge on any atom is -0.481 e. The third-order valence-corrected chi connectivity index (χ3v) is 3.81. The molecule has 0 fully saturated rings. The van der Waals surface area contributed by atoms with Crippen LogP contribution in [0.5, 0.6) is 0 Å². The number of hydrogen-bond acceptors (Lipinski definition) is 4. The van der Waals surface area contributed by atoms with E-state index in [4.69, 9.17) is 9.52 Å². The highest BCUT2D eigenvalue weighted by Gasteiger charge is 2.15. The van der Waals surface area contributed by atoms with Crippen LogP contribution in [-0.4, -0.2) is 29.4 Å². The van der Waals surface area contributed by atoms with Gasteiger partial charge in [0, 0.05) is 29.1 Å². The van der Waals surface area contributed by atoms with Crippen LogP contribution in [0.3, 0.4) is 0 Å². The van der Waals surface area contributed by atoms with Gasteiger partial charge in [0.1, 0.15) is 11.5 Å². The van der Waals surface area contributed by atoms with Crippen molar-refractivity contribution in [3.63, 3.8) is 0 Å². The van der Waals surface area contributed by atoms with E-state index >= 15 is 0 Å². The fourth-order valence-corrected chi connectivity index (χ4v) is 2.27.